The molecule has 7 heteroatoms. The lowest BCUT2D eigenvalue weighted by Crippen LogP contribution is -2.44. The second-order valence-electron chi connectivity index (χ2n) is 5.48. The third-order valence-electron chi connectivity index (χ3n) is 3.72. The van der Waals surface area contributed by atoms with Gasteiger partial charge in [-0.25, -0.2) is 9.18 Å². The van der Waals surface area contributed by atoms with Crippen LogP contribution in [0.25, 0.3) is 0 Å². The molecule has 0 aliphatic carbocycles. The van der Waals surface area contributed by atoms with Crippen LogP contribution in [0.1, 0.15) is 18.5 Å². The van der Waals surface area contributed by atoms with Gasteiger partial charge in [-0.3, -0.25) is 4.79 Å². The molecule has 0 bridgehead atoms. The molecule has 0 saturated carbocycles. The number of aliphatic hydroxyl groups excluding tert-OH is 1. The normalized spacial score (nSPS) is 22.3. The van der Waals surface area contributed by atoms with Crippen molar-refractivity contribution >= 4 is 11.9 Å². The van der Waals surface area contributed by atoms with Gasteiger partial charge in [-0.15, -0.1) is 0 Å². The van der Waals surface area contributed by atoms with E-state index in [2.05, 4.69) is 10.6 Å². The van der Waals surface area contributed by atoms with Gasteiger partial charge in [0.25, 0.3) is 5.91 Å². The minimum absolute atomic E-state index is 0.158. The molecular formula is C15H16FN3O3. The second-order valence-corrected chi connectivity index (χ2v) is 5.48. The van der Waals surface area contributed by atoms with Gasteiger partial charge in [-0.05, 0) is 13.0 Å². The molecule has 22 heavy (non-hydrogen) atoms. The quantitative estimate of drug-likeness (QED) is 0.767. The summed E-state index contributed by atoms with van der Waals surface area (Å²) in [6.45, 7) is 1.94. The third kappa shape index (κ3) is 2.43. The zero-order valence-corrected chi connectivity index (χ0v) is 12.0. The zero-order chi connectivity index (χ0) is 15.9. The summed E-state index contributed by atoms with van der Waals surface area (Å²) < 4.78 is 14.0. The van der Waals surface area contributed by atoms with Crippen LogP contribution in [0.5, 0.6) is 0 Å². The number of amides is 3. The van der Waals surface area contributed by atoms with Crippen molar-refractivity contribution in [2.45, 2.75) is 19.1 Å². The molecule has 3 N–H and O–H groups in total. The lowest BCUT2D eigenvalue weighted by atomic mass is 9.96. The van der Waals surface area contributed by atoms with Crippen LogP contribution in [0.2, 0.25) is 0 Å². The number of hydrogen-bond acceptors (Lipinski definition) is 3. The smallest absolute Gasteiger partial charge is 0.319 e. The molecule has 0 unspecified atom stereocenters. The van der Waals surface area contributed by atoms with Crippen molar-refractivity contribution in [1.29, 1.82) is 0 Å². The summed E-state index contributed by atoms with van der Waals surface area (Å²) in [5.74, 6) is -0.792. The highest BCUT2D eigenvalue weighted by molar-refractivity contribution is 6.01. The fourth-order valence-electron chi connectivity index (χ4n) is 2.84. The first kappa shape index (κ1) is 14.5. The van der Waals surface area contributed by atoms with Crippen LogP contribution in [-0.4, -0.2) is 41.1 Å². The van der Waals surface area contributed by atoms with Crippen LogP contribution < -0.4 is 10.6 Å². The fraction of sp³-hybridized carbons (Fsp3) is 0.333. The number of halogens is 1. The molecule has 2 heterocycles. The Bertz CT molecular complexity index is 672. The Morgan fingerprint density at radius 2 is 2.14 bits per heavy atom. The molecular weight excluding hydrogens is 289 g/mol. The van der Waals surface area contributed by atoms with E-state index in [1.54, 1.807) is 25.1 Å². The van der Waals surface area contributed by atoms with Crippen molar-refractivity contribution in [2.75, 3.05) is 13.1 Å². The lowest BCUT2D eigenvalue weighted by molar-refractivity contribution is -0.126. The summed E-state index contributed by atoms with van der Waals surface area (Å²) >= 11 is 0. The summed E-state index contributed by atoms with van der Waals surface area (Å²) in [5, 5.41) is 14.7. The number of carbonyl (C=O) groups excluding carboxylic acids is 2. The zero-order valence-electron chi connectivity index (χ0n) is 12.0. The predicted molar refractivity (Wildman–Crippen MR) is 76.1 cm³/mol. The van der Waals surface area contributed by atoms with Gasteiger partial charge < -0.3 is 20.6 Å². The van der Waals surface area contributed by atoms with E-state index < -0.39 is 24.0 Å². The maximum atomic E-state index is 14.0. The Morgan fingerprint density at radius 3 is 2.82 bits per heavy atom. The van der Waals surface area contributed by atoms with Crippen LogP contribution in [0, 0.1) is 5.82 Å². The maximum Gasteiger partial charge on any atom is 0.319 e. The SMILES string of the molecule is C[C@H](O)CN1CC2=C(C1=O)[C@@H](c1ccccc1F)NC(=O)N2. The first-order valence-electron chi connectivity index (χ1n) is 6.99. The van der Waals surface area contributed by atoms with Gasteiger partial charge in [-0.1, -0.05) is 18.2 Å². The van der Waals surface area contributed by atoms with Crippen LogP contribution in [-0.2, 0) is 4.79 Å². The number of hydrogen-bond donors (Lipinski definition) is 3. The Morgan fingerprint density at radius 1 is 1.41 bits per heavy atom. The van der Waals surface area contributed by atoms with Gasteiger partial charge in [0.1, 0.15) is 5.82 Å². The molecule has 2 aliphatic heterocycles. The van der Waals surface area contributed by atoms with Crippen molar-refractivity contribution < 1.29 is 19.1 Å². The van der Waals surface area contributed by atoms with Gasteiger partial charge in [0.15, 0.2) is 0 Å². The first-order chi connectivity index (χ1) is 10.5. The summed E-state index contributed by atoms with van der Waals surface area (Å²) in [5.41, 5.74) is 1.03. The van der Waals surface area contributed by atoms with E-state index in [0.717, 1.165) is 0 Å². The van der Waals surface area contributed by atoms with E-state index in [1.807, 2.05) is 0 Å². The van der Waals surface area contributed by atoms with Crippen molar-refractivity contribution in [3.05, 3.63) is 46.9 Å². The minimum atomic E-state index is -0.823. The molecule has 3 amide bonds. The second kappa shape index (κ2) is 5.42. The molecule has 1 aromatic rings. The molecule has 0 aromatic heterocycles. The molecule has 6 nitrogen and oxygen atoms in total. The Kier molecular flexibility index (Phi) is 3.58. The number of β-amino-alcohol motifs (C(OH)–C–C–N with tert-alkyl or cyclic N) is 1. The summed E-state index contributed by atoms with van der Waals surface area (Å²) in [6.07, 6.45) is -0.680. The summed E-state index contributed by atoms with van der Waals surface area (Å²) in [4.78, 5) is 25.7. The van der Waals surface area contributed by atoms with E-state index in [-0.39, 0.29) is 24.6 Å². The van der Waals surface area contributed by atoms with E-state index in [1.165, 1.54) is 11.0 Å². The van der Waals surface area contributed by atoms with E-state index in [0.29, 0.717) is 11.3 Å². The fourth-order valence-corrected chi connectivity index (χ4v) is 2.84. The number of nitrogens with one attached hydrogen (secondary N) is 2. The Balaban J connectivity index is 1.98. The highest BCUT2D eigenvalue weighted by atomic mass is 19.1. The average Bonchev–Trinajstić information content (AvgIpc) is 2.74. The molecule has 0 spiro atoms. The minimum Gasteiger partial charge on any atom is -0.392 e. The lowest BCUT2D eigenvalue weighted by Gasteiger charge is -2.25. The molecule has 116 valence electrons. The van der Waals surface area contributed by atoms with E-state index >= 15 is 0 Å². The molecule has 3 rings (SSSR count). The highest BCUT2D eigenvalue weighted by Gasteiger charge is 2.41. The van der Waals surface area contributed by atoms with E-state index in [9.17, 15) is 19.1 Å². The molecule has 2 aliphatic rings. The predicted octanol–water partition coefficient (Wildman–Crippen LogP) is 0.657. The van der Waals surface area contributed by atoms with Gasteiger partial charge in [0, 0.05) is 12.1 Å². The molecule has 2 atom stereocenters. The number of urea groups is 1. The molecule has 0 fully saturated rings. The maximum absolute atomic E-state index is 14.0. The molecule has 0 saturated heterocycles. The van der Waals surface area contributed by atoms with Crippen LogP contribution in [0.3, 0.4) is 0 Å². The van der Waals surface area contributed by atoms with Crippen LogP contribution >= 0.6 is 0 Å². The molecule has 0 radical (unpaired) electrons. The molecule has 1 aromatic carbocycles. The van der Waals surface area contributed by atoms with Gasteiger partial charge in [-0.2, -0.15) is 0 Å². The van der Waals surface area contributed by atoms with Gasteiger partial charge >= 0.3 is 6.03 Å². The third-order valence-corrected chi connectivity index (χ3v) is 3.72. The Labute approximate surface area is 126 Å². The number of benzene rings is 1. The average molecular weight is 305 g/mol. The number of carbonyl (C=O) groups is 2. The summed E-state index contributed by atoms with van der Waals surface area (Å²) in [6, 6.07) is 4.74. The van der Waals surface area contributed by atoms with Crippen LogP contribution in [0.4, 0.5) is 9.18 Å². The largest absolute Gasteiger partial charge is 0.392 e. The van der Waals surface area contributed by atoms with Gasteiger partial charge in [0.2, 0.25) is 0 Å². The van der Waals surface area contributed by atoms with Crippen molar-refractivity contribution in [3.63, 3.8) is 0 Å². The summed E-state index contributed by atoms with van der Waals surface area (Å²) in [7, 11) is 0. The van der Waals surface area contributed by atoms with Crippen molar-refractivity contribution in [3.8, 4) is 0 Å². The Hall–Kier alpha value is -2.41. The van der Waals surface area contributed by atoms with Gasteiger partial charge in [0.05, 0.1) is 30.0 Å². The monoisotopic (exact) mass is 305 g/mol. The topological polar surface area (TPSA) is 81.7 Å². The first-order valence-corrected chi connectivity index (χ1v) is 6.99. The van der Waals surface area contributed by atoms with Crippen LogP contribution in [0.15, 0.2) is 35.5 Å². The highest BCUT2D eigenvalue weighted by Crippen LogP contribution is 2.33. The van der Waals surface area contributed by atoms with Crippen molar-refractivity contribution in [2.24, 2.45) is 0 Å². The number of rotatable bonds is 3. The number of nitrogens with zero attached hydrogens (tertiary/aromatic N) is 1. The van der Waals surface area contributed by atoms with Crippen molar-refractivity contribution in [1.82, 2.24) is 15.5 Å². The van der Waals surface area contributed by atoms with E-state index in [4.69, 9.17) is 0 Å². The number of aliphatic hydroxyl groups is 1. The standard InChI is InChI=1S/C15H16FN3O3/c1-8(20)6-19-7-11-12(14(19)21)13(18-15(22)17-11)9-4-2-3-5-10(9)16/h2-5,8,13,20H,6-7H2,1H3,(H2,17,18,22)/t8-,13+/m0/s1.